The Balaban J connectivity index is 2.76. The molecule has 0 radical (unpaired) electrons. The van der Waals surface area contributed by atoms with Crippen molar-refractivity contribution in [2.24, 2.45) is 5.92 Å². The molecule has 1 rings (SSSR count). The number of rotatable bonds is 6. The number of carboxylic acid groups (broad SMARTS) is 1. The lowest BCUT2D eigenvalue weighted by atomic mass is 10.1. The first-order chi connectivity index (χ1) is 9.36. The average Bonchev–Trinajstić information content (AvgIpc) is 2.38. The van der Waals surface area contributed by atoms with Gasteiger partial charge in [-0.25, -0.2) is 0 Å². The summed E-state index contributed by atoms with van der Waals surface area (Å²) in [5.41, 5.74) is 0.597. The molecule has 1 atom stereocenters. The molecule has 0 aliphatic heterocycles. The summed E-state index contributed by atoms with van der Waals surface area (Å²) in [6.07, 6.45) is 0.412. The topological polar surface area (TPSA) is 110 Å². The number of nitrogens with one attached hydrogen (secondary N) is 1. The highest BCUT2D eigenvalue weighted by Gasteiger charge is 2.18. The quantitative estimate of drug-likeness (QED) is 0.609. The normalized spacial score (nSPS) is 11.7. The Morgan fingerprint density at radius 1 is 1.45 bits per heavy atom. The van der Waals surface area contributed by atoms with E-state index in [9.17, 15) is 19.7 Å². The molecule has 108 valence electrons. The van der Waals surface area contributed by atoms with Crippen LogP contribution in [-0.4, -0.2) is 28.5 Å². The summed E-state index contributed by atoms with van der Waals surface area (Å²) in [5, 5.41) is 22.1. The van der Waals surface area contributed by atoms with E-state index in [1.165, 1.54) is 18.2 Å². The first-order valence-corrected chi connectivity index (χ1v) is 6.12. The molecule has 0 saturated carbocycles. The minimum Gasteiger partial charge on any atom is -0.481 e. The van der Waals surface area contributed by atoms with Gasteiger partial charge in [-0.05, 0) is 25.5 Å². The van der Waals surface area contributed by atoms with Crippen LogP contribution < -0.4 is 5.32 Å². The third-order valence-electron chi connectivity index (χ3n) is 3.01. The summed E-state index contributed by atoms with van der Waals surface area (Å²) in [6, 6.07) is 4.02. The van der Waals surface area contributed by atoms with Gasteiger partial charge in [0.05, 0.1) is 10.8 Å². The van der Waals surface area contributed by atoms with Gasteiger partial charge in [0.1, 0.15) is 0 Å². The minimum atomic E-state index is -0.965. The maximum Gasteiger partial charge on any atom is 0.308 e. The van der Waals surface area contributed by atoms with Crippen LogP contribution in [0, 0.1) is 23.0 Å². The van der Waals surface area contributed by atoms with Crippen molar-refractivity contribution in [2.75, 3.05) is 6.54 Å². The van der Waals surface area contributed by atoms with Crippen LogP contribution in [0.25, 0.3) is 0 Å². The fraction of sp³-hybridized carbons (Fsp3) is 0.385. The number of amides is 1. The Bertz CT molecular complexity index is 542. The number of hydrogen-bond acceptors (Lipinski definition) is 4. The van der Waals surface area contributed by atoms with Crippen LogP contribution in [0.15, 0.2) is 18.2 Å². The highest BCUT2D eigenvalue weighted by atomic mass is 16.6. The average molecular weight is 280 g/mol. The fourth-order valence-corrected chi connectivity index (χ4v) is 1.73. The zero-order valence-corrected chi connectivity index (χ0v) is 11.3. The van der Waals surface area contributed by atoms with Gasteiger partial charge in [0, 0.05) is 23.7 Å². The molecule has 0 aromatic heterocycles. The minimum absolute atomic E-state index is 0.0285. The van der Waals surface area contributed by atoms with Crippen LogP contribution in [0.1, 0.15) is 29.3 Å². The van der Waals surface area contributed by atoms with Crippen molar-refractivity contribution < 1.29 is 19.6 Å². The molecule has 1 unspecified atom stereocenters. The van der Waals surface area contributed by atoms with E-state index in [1.807, 2.05) is 0 Å². The van der Waals surface area contributed by atoms with Crippen molar-refractivity contribution in [3.63, 3.8) is 0 Å². The second kappa shape index (κ2) is 6.65. The lowest BCUT2D eigenvalue weighted by molar-refractivity contribution is -0.385. The van der Waals surface area contributed by atoms with Crippen molar-refractivity contribution in [3.8, 4) is 0 Å². The summed E-state index contributed by atoms with van der Waals surface area (Å²) < 4.78 is 0. The predicted molar refractivity (Wildman–Crippen MR) is 71.6 cm³/mol. The van der Waals surface area contributed by atoms with Crippen LogP contribution in [-0.2, 0) is 4.79 Å². The molecule has 2 N–H and O–H groups in total. The molecule has 0 aliphatic carbocycles. The number of nitrogens with zero attached hydrogens (tertiary/aromatic N) is 1. The van der Waals surface area contributed by atoms with E-state index in [0.717, 1.165) is 0 Å². The van der Waals surface area contributed by atoms with Crippen molar-refractivity contribution in [3.05, 3.63) is 39.4 Å². The number of carbonyl (C=O) groups is 2. The highest BCUT2D eigenvalue weighted by molar-refractivity contribution is 5.94. The van der Waals surface area contributed by atoms with E-state index in [-0.39, 0.29) is 17.8 Å². The maximum atomic E-state index is 11.8. The lowest BCUT2D eigenvalue weighted by Crippen LogP contribution is -2.32. The summed E-state index contributed by atoms with van der Waals surface area (Å²) in [4.78, 5) is 32.8. The van der Waals surface area contributed by atoms with Crippen LogP contribution in [0.2, 0.25) is 0 Å². The zero-order valence-electron chi connectivity index (χ0n) is 11.3. The number of aliphatic carboxylic acids is 1. The number of nitro benzene ring substituents is 1. The molecule has 0 fully saturated rings. The number of benzene rings is 1. The molecule has 0 bridgehead atoms. The van der Waals surface area contributed by atoms with E-state index >= 15 is 0 Å². The van der Waals surface area contributed by atoms with Crippen LogP contribution in [0.5, 0.6) is 0 Å². The number of carboxylic acids is 1. The second-order valence-electron chi connectivity index (χ2n) is 4.41. The van der Waals surface area contributed by atoms with E-state index in [2.05, 4.69) is 5.32 Å². The molecule has 0 saturated heterocycles. The summed E-state index contributed by atoms with van der Waals surface area (Å²) in [7, 11) is 0. The van der Waals surface area contributed by atoms with E-state index in [4.69, 9.17) is 5.11 Å². The van der Waals surface area contributed by atoms with Gasteiger partial charge in [0.25, 0.3) is 11.6 Å². The summed E-state index contributed by atoms with van der Waals surface area (Å²) >= 11 is 0. The zero-order chi connectivity index (χ0) is 15.3. The SMILES string of the molecule is CCC(CNC(=O)c1ccc([N+](=O)[O-])c(C)c1)C(=O)O. The molecule has 7 heteroatoms. The van der Waals surface area contributed by atoms with Crippen molar-refractivity contribution in [1.29, 1.82) is 0 Å². The van der Waals surface area contributed by atoms with E-state index < -0.39 is 22.7 Å². The largest absolute Gasteiger partial charge is 0.481 e. The van der Waals surface area contributed by atoms with Crippen molar-refractivity contribution in [1.82, 2.24) is 5.32 Å². The molecule has 0 spiro atoms. The van der Waals surface area contributed by atoms with Crippen LogP contribution >= 0.6 is 0 Å². The molecule has 7 nitrogen and oxygen atoms in total. The van der Waals surface area contributed by atoms with Gasteiger partial charge in [-0.3, -0.25) is 19.7 Å². The second-order valence-corrected chi connectivity index (χ2v) is 4.41. The third-order valence-corrected chi connectivity index (χ3v) is 3.01. The van der Waals surface area contributed by atoms with Crippen LogP contribution in [0.3, 0.4) is 0 Å². The van der Waals surface area contributed by atoms with Crippen molar-refractivity contribution in [2.45, 2.75) is 20.3 Å². The van der Waals surface area contributed by atoms with Gasteiger partial charge in [-0.15, -0.1) is 0 Å². The Hall–Kier alpha value is -2.44. The summed E-state index contributed by atoms with van der Waals surface area (Å²) in [6.45, 7) is 3.29. The predicted octanol–water partition coefficient (Wildman–Crippen LogP) is 1.74. The van der Waals surface area contributed by atoms with Crippen LogP contribution in [0.4, 0.5) is 5.69 Å². The standard InChI is InChI=1S/C13H16N2O5/c1-3-9(13(17)18)7-14-12(16)10-4-5-11(15(19)20)8(2)6-10/h4-6,9H,3,7H2,1-2H3,(H,14,16)(H,17,18). The van der Waals surface area contributed by atoms with Gasteiger partial charge >= 0.3 is 5.97 Å². The fourth-order valence-electron chi connectivity index (χ4n) is 1.73. The first-order valence-electron chi connectivity index (χ1n) is 6.12. The number of carbonyl (C=O) groups excluding carboxylic acids is 1. The Morgan fingerprint density at radius 2 is 2.10 bits per heavy atom. The van der Waals surface area contributed by atoms with Gasteiger partial charge in [-0.2, -0.15) is 0 Å². The van der Waals surface area contributed by atoms with E-state index in [1.54, 1.807) is 13.8 Å². The lowest BCUT2D eigenvalue weighted by Gasteiger charge is -2.11. The molecule has 1 aromatic rings. The molecular formula is C13H16N2O5. The Kier molecular flexibility index (Phi) is 5.19. The Labute approximate surface area is 115 Å². The van der Waals surface area contributed by atoms with Crippen molar-refractivity contribution >= 4 is 17.6 Å². The molecular weight excluding hydrogens is 264 g/mol. The molecule has 1 aromatic carbocycles. The van der Waals surface area contributed by atoms with E-state index in [0.29, 0.717) is 12.0 Å². The van der Waals surface area contributed by atoms with Gasteiger partial charge in [0.15, 0.2) is 0 Å². The van der Waals surface area contributed by atoms with Gasteiger partial charge in [-0.1, -0.05) is 6.92 Å². The van der Waals surface area contributed by atoms with Gasteiger partial charge in [0.2, 0.25) is 0 Å². The number of nitro groups is 1. The first kappa shape index (κ1) is 15.6. The molecule has 20 heavy (non-hydrogen) atoms. The molecule has 0 heterocycles. The monoisotopic (exact) mass is 280 g/mol. The smallest absolute Gasteiger partial charge is 0.308 e. The Morgan fingerprint density at radius 3 is 2.55 bits per heavy atom. The number of hydrogen-bond donors (Lipinski definition) is 2. The highest BCUT2D eigenvalue weighted by Crippen LogP contribution is 2.18. The third kappa shape index (κ3) is 3.78. The molecule has 0 aliphatic rings. The number of aryl methyl sites for hydroxylation is 1. The maximum absolute atomic E-state index is 11.8. The summed E-state index contributed by atoms with van der Waals surface area (Å²) in [5.74, 6) is -2.05. The molecule has 1 amide bonds. The van der Waals surface area contributed by atoms with Gasteiger partial charge < -0.3 is 10.4 Å².